The number of aromatic nitrogens is 2. The minimum absolute atomic E-state index is 0.305. The molecule has 0 radical (unpaired) electrons. The van der Waals surface area contributed by atoms with Crippen LogP contribution in [0.1, 0.15) is 5.56 Å². The molecule has 0 spiro atoms. The van der Waals surface area contributed by atoms with Gasteiger partial charge in [0.25, 0.3) is 0 Å². The Labute approximate surface area is 145 Å². The molecule has 6 heteroatoms. The van der Waals surface area contributed by atoms with Crippen LogP contribution in [0.2, 0.25) is 0 Å². The maximum Gasteiger partial charge on any atom is 0.161 e. The van der Waals surface area contributed by atoms with Gasteiger partial charge in [-0.1, -0.05) is 12.1 Å². The maximum absolute atomic E-state index is 14.2. The molecule has 1 N–H and O–H groups in total. The SMILES string of the molecule is COc1ccc(-c2nn(-c3ccccc3F)c3c2CCN3)cc1OC. The Morgan fingerprint density at radius 2 is 1.88 bits per heavy atom. The summed E-state index contributed by atoms with van der Waals surface area (Å²) in [5.74, 6) is 1.84. The lowest BCUT2D eigenvalue weighted by Gasteiger charge is -2.09. The maximum atomic E-state index is 14.2. The van der Waals surface area contributed by atoms with Gasteiger partial charge in [0.1, 0.15) is 17.3 Å². The third-order valence-corrected chi connectivity index (χ3v) is 4.39. The molecule has 0 saturated carbocycles. The summed E-state index contributed by atoms with van der Waals surface area (Å²) in [6.45, 7) is 0.807. The van der Waals surface area contributed by atoms with E-state index < -0.39 is 0 Å². The molecule has 0 unspecified atom stereocenters. The number of rotatable bonds is 4. The highest BCUT2D eigenvalue weighted by atomic mass is 19.1. The topological polar surface area (TPSA) is 48.3 Å². The van der Waals surface area contributed by atoms with Gasteiger partial charge in [-0.3, -0.25) is 0 Å². The van der Waals surface area contributed by atoms with E-state index in [2.05, 4.69) is 10.4 Å². The highest BCUT2D eigenvalue weighted by molar-refractivity contribution is 5.74. The van der Waals surface area contributed by atoms with Gasteiger partial charge in [0.15, 0.2) is 11.5 Å². The zero-order valence-electron chi connectivity index (χ0n) is 14.0. The van der Waals surface area contributed by atoms with Crippen LogP contribution >= 0.6 is 0 Å². The Morgan fingerprint density at radius 1 is 1.08 bits per heavy atom. The van der Waals surface area contributed by atoms with Crippen LogP contribution in [0.4, 0.5) is 10.2 Å². The molecule has 0 fully saturated rings. The number of methoxy groups -OCH3 is 2. The molecular formula is C19H18FN3O2. The van der Waals surface area contributed by atoms with Gasteiger partial charge < -0.3 is 14.8 Å². The van der Waals surface area contributed by atoms with Crippen molar-refractivity contribution < 1.29 is 13.9 Å². The normalized spacial score (nSPS) is 12.6. The second-order valence-electron chi connectivity index (χ2n) is 5.79. The lowest BCUT2D eigenvalue weighted by molar-refractivity contribution is 0.355. The van der Waals surface area contributed by atoms with Crippen LogP contribution in [-0.4, -0.2) is 30.5 Å². The second kappa shape index (κ2) is 6.12. The van der Waals surface area contributed by atoms with E-state index in [1.807, 2.05) is 18.2 Å². The van der Waals surface area contributed by atoms with Gasteiger partial charge in [0, 0.05) is 17.7 Å². The van der Waals surface area contributed by atoms with Crippen LogP contribution in [-0.2, 0) is 6.42 Å². The number of hydrogen-bond acceptors (Lipinski definition) is 4. The molecule has 4 rings (SSSR count). The Balaban J connectivity index is 1.88. The number of anilines is 1. The van der Waals surface area contributed by atoms with Gasteiger partial charge in [0.05, 0.1) is 19.9 Å². The van der Waals surface area contributed by atoms with E-state index in [1.165, 1.54) is 6.07 Å². The Kier molecular flexibility index (Phi) is 3.80. The summed E-state index contributed by atoms with van der Waals surface area (Å²) in [5, 5.41) is 8.00. The van der Waals surface area contributed by atoms with Crippen molar-refractivity contribution in [2.24, 2.45) is 0 Å². The van der Waals surface area contributed by atoms with Crippen molar-refractivity contribution in [2.75, 3.05) is 26.1 Å². The molecule has 2 heterocycles. The van der Waals surface area contributed by atoms with Crippen LogP contribution in [0.3, 0.4) is 0 Å². The number of ether oxygens (including phenoxy) is 2. The third kappa shape index (κ3) is 2.50. The Hall–Kier alpha value is -3.02. The number of hydrogen-bond donors (Lipinski definition) is 1. The molecule has 0 atom stereocenters. The fraction of sp³-hybridized carbons (Fsp3) is 0.211. The number of nitrogens with zero attached hydrogens (tertiary/aromatic N) is 2. The van der Waals surface area contributed by atoms with Crippen molar-refractivity contribution in [2.45, 2.75) is 6.42 Å². The number of fused-ring (bicyclic) bond motifs is 1. The van der Waals surface area contributed by atoms with Crippen LogP contribution in [0.25, 0.3) is 16.9 Å². The second-order valence-corrected chi connectivity index (χ2v) is 5.79. The molecule has 1 aliphatic heterocycles. The smallest absolute Gasteiger partial charge is 0.161 e. The molecule has 0 amide bonds. The van der Waals surface area contributed by atoms with Gasteiger partial charge in [-0.2, -0.15) is 5.10 Å². The fourth-order valence-corrected chi connectivity index (χ4v) is 3.19. The van der Waals surface area contributed by atoms with Crippen molar-refractivity contribution in [1.82, 2.24) is 9.78 Å². The first kappa shape index (κ1) is 15.5. The predicted molar refractivity (Wildman–Crippen MR) is 94.3 cm³/mol. The van der Waals surface area contributed by atoms with E-state index in [9.17, 15) is 4.39 Å². The number of halogens is 1. The van der Waals surface area contributed by atoms with Gasteiger partial charge in [-0.05, 0) is 36.8 Å². The molecule has 3 aromatic rings. The first-order valence-corrected chi connectivity index (χ1v) is 8.06. The fourth-order valence-electron chi connectivity index (χ4n) is 3.19. The first-order chi connectivity index (χ1) is 12.2. The van der Waals surface area contributed by atoms with E-state index in [-0.39, 0.29) is 5.82 Å². The predicted octanol–water partition coefficient (Wildman–Crippen LogP) is 3.66. The molecule has 0 saturated heterocycles. The van der Waals surface area contributed by atoms with Crippen LogP contribution < -0.4 is 14.8 Å². The average molecular weight is 339 g/mol. The summed E-state index contributed by atoms with van der Waals surface area (Å²) >= 11 is 0. The molecule has 1 aromatic heterocycles. The van der Waals surface area contributed by atoms with Crippen LogP contribution in [0.15, 0.2) is 42.5 Å². The van der Waals surface area contributed by atoms with Gasteiger partial charge in [-0.15, -0.1) is 0 Å². The minimum Gasteiger partial charge on any atom is -0.493 e. The zero-order chi connectivity index (χ0) is 17.4. The lowest BCUT2D eigenvalue weighted by atomic mass is 10.1. The molecule has 0 bridgehead atoms. The number of benzene rings is 2. The molecule has 1 aliphatic rings. The minimum atomic E-state index is -0.305. The highest BCUT2D eigenvalue weighted by Gasteiger charge is 2.25. The van der Waals surface area contributed by atoms with Crippen molar-refractivity contribution in [1.29, 1.82) is 0 Å². The Bertz CT molecular complexity index is 936. The van der Waals surface area contributed by atoms with Crippen molar-refractivity contribution >= 4 is 5.82 Å². The van der Waals surface area contributed by atoms with Gasteiger partial charge in [0.2, 0.25) is 0 Å². The van der Waals surface area contributed by atoms with Gasteiger partial charge in [-0.25, -0.2) is 9.07 Å². The first-order valence-electron chi connectivity index (χ1n) is 8.06. The summed E-state index contributed by atoms with van der Waals surface area (Å²) < 4.78 is 26.6. The standard InChI is InChI=1S/C19H18FN3O2/c1-24-16-8-7-12(11-17(16)25-2)18-13-9-10-21-19(13)23(22-18)15-6-4-3-5-14(15)20/h3-8,11,21H,9-10H2,1-2H3. The van der Waals surface area contributed by atoms with E-state index in [0.717, 1.165) is 35.6 Å². The van der Waals surface area contributed by atoms with Crippen molar-refractivity contribution in [3.63, 3.8) is 0 Å². The summed E-state index contributed by atoms with van der Waals surface area (Å²) in [7, 11) is 3.21. The van der Waals surface area contributed by atoms with Crippen molar-refractivity contribution in [3.8, 4) is 28.4 Å². The van der Waals surface area contributed by atoms with E-state index in [0.29, 0.717) is 17.2 Å². The summed E-state index contributed by atoms with van der Waals surface area (Å²) in [4.78, 5) is 0. The number of nitrogens with one attached hydrogen (secondary N) is 1. The largest absolute Gasteiger partial charge is 0.493 e. The molecule has 0 aliphatic carbocycles. The molecule has 5 nitrogen and oxygen atoms in total. The Morgan fingerprint density at radius 3 is 2.64 bits per heavy atom. The molecule has 2 aromatic carbocycles. The molecule has 25 heavy (non-hydrogen) atoms. The summed E-state index contributed by atoms with van der Waals surface area (Å²) in [6.07, 6.45) is 0.841. The van der Waals surface area contributed by atoms with Crippen LogP contribution in [0, 0.1) is 5.82 Å². The number of para-hydroxylation sites is 1. The average Bonchev–Trinajstić information content (AvgIpc) is 3.24. The van der Waals surface area contributed by atoms with E-state index in [4.69, 9.17) is 9.47 Å². The molecular weight excluding hydrogens is 321 g/mol. The monoisotopic (exact) mass is 339 g/mol. The van der Waals surface area contributed by atoms with E-state index >= 15 is 0 Å². The third-order valence-electron chi connectivity index (χ3n) is 4.39. The summed E-state index contributed by atoms with van der Waals surface area (Å²) in [6, 6.07) is 12.3. The quantitative estimate of drug-likeness (QED) is 0.788. The van der Waals surface area contributed by atoms with E-state index in [1.54, 1.807) is 37.1 Å². The highest BCUT2D eigenvalue weighted by Crippen LogP contribution is 2.38. The van der Waals surface area contributed by atoms with Gasteiger partial charge >= 0.3 is 0 Å². The van der Waals surface area contributed by atoms with Crippen molar-refractivity contribution in [3.05, 3.63) is 53.8 Å². The van der Waals surface area contributed by atoms with Crippen LogP contribution in [0.5, 0.6) is 11.5 Å². The lowest BCUT2D eigenvalue weighted by Crippen LogP contribution is -2.05. The summed E-state index contributed by atoms with van der Waals surface area (Å²) in [5.41, 5.74) is 3.24. The zero-order valence-corrected chi connectivity index (χ0v) is 14.0. The molecule has 128 valence electrons.